The fourth-order valence-corrected chi connectivity index (χ4v) is 3.03. The van der Waals surface area contributed by atoms with Gasteiger partial charge in [0.1, 0.15) is 0 Å². The maximum atomic E-state index is 11.1. The van der Waals surface area contributed by atoms with Crippen molar-refractivity contribution in [3.63, 3.8) is 0 Å². The molecule has 0 heterocycles. The molecule has 0 amide bonds. The van der Waals surface area contributed by atoms with E-state index in [-0.39, 0.29) is 6.04 Å². The molecule has 0 aromatic carbocycles. The molecule has 1 rings (SSSR count). The van der Waals surface area contributed by atoms with Crippen LogP contribution in [0, 0.1) is 5.92 Å². The molecule has 0 spiro atoms. The zero-order chi connectivity index (χ0) is 12.2. The number of rotatable bonds is 5. The smallest absolute Gasteiger partial charge is 0.208 e. The molecule has 0 aromatic rings. The monoisotopic (exact) mass is 248 g/mol. The Labute approximate surface area is 99.2 Å². The second kappa shape index (κ2) is 5.98. The van der Waals surface area contributed by atoms with Crippen molar-refractivity contribution >= 4 is 10.0 Å². The molecule has 1 aliphatic rings. The maximum Gasteiger partial charge on any atom is 0.208 e. The van der Waals surface area contributed by atoms with E-state index >= 15 is 0 Å². The lowest BCUT2D eigenvalue weighted by atomic mass is 9.86. The molecular formula is C11H24N2O2S. The van der Waals surface area contributed by atoms with Gasteiger partial charge in [0.15, 0.2) is 0 Å². The Kier molecular flexibility index (Phi) is 5.21. The Morgan fingerprint density at radius 1 is 1.19 bits per heavy atom. The van der Waals surface area contributed by atoms with Crippen molar-refractivity contribution in [2.24, 2.45) is 5.92 Å². The van der Waals surface area contributed by atoms with E-state index in [1.807, 2.05) is 0 Å². The summed E-state index contributed by atoms with van der Waals surface area (Å²) in [6, 6.07) is 0.692. The van der Waals surface area contributed by atoms with Gasteiger partial charge in [-0.05, 0) is 38.1 Å². The van der Waals surface area contributed by atoms with Crippen LogP contribution in [0.3, 0.4) is 0 Å². The standard InChI is InChI=1S/C11H24N2O2S/c1-9(2)12-8-10-4-6-11(7-5-10)13-16(3,14)15/h9-13H,4-8H2,1-3H3. The van der Waals surface area contributed by atoms with E-state index in [0.717, 1.165) is 32.2 Å². The van der Waals surface area contributed by atoms with Crippen LogP contribution in [0.5, 0.6) is 0 Å². The van der Waals surface area contributed by atoms with Crippen molar-refractivity contribution in [3.8, 4) is 0 Å². The Bertz CT molecular complexity index is 293. The number of nitrogens with one attached hydrogen (secondary N) is 2. The van der Waals surface area contributed by atoms with Crippen molar-refractivity contribution in [1.29, 1.82) is 0 Å². The van der Waals surface area contributed by atoms with Crippen LogP contribution in [0.15, 0.2) is 0 Å². The second-order valence-corrected chi connectivity index (χ2v) is 6.95. The largest absolute Gasteiger partial charge is 0.314 e. The number of hydrogen-bond acceptors (Lipinski definition) is 3. The van der Waals surface area contributed by atoms with E-state index in [9.17, 15) is 8.42 Å². The van der Waals surface area contributed by atoms with Gasteiger partial charge in [-0.1, -0.05) is 13.8 Å². The maximum absolute atomic E-state index is 11.1. The number of sulfonamides is 1. The Balaban J connectivity index is 2.23. The summed E-state index contributed by atoms with van der Waals surface area (Å²) >= 11 is 0. The van der Waals surface area contributed by atoms with Gasteiger partial charge in [0.2, 0.25) is 10.0 Å². The molecule has 0 radical (unpaired) electrons. The molecular weight excluding hydrogens is 224 g/mol. The summed E-state index contributed by atoms with van der Waals surface area (Å²) in [7, 11) is -3.03. The minimum Gasteiger partial charge on any atom is -0.314 e. The Morgan fingerprint density at radius 3 is 2.19 bits per heavy atom. The highest BCUT2D eigenvalue weighted by molar-refractivity contribution is 7.88. The first-order valence-corrected chi connectivity index (χ1v) is 7.96. The molecule has 0 bridgehead atoms. The SMILES string of the molecule is CC(C)NCC1CCC(NS(C)(=O)=O)CC1. The molecule has 16 heavy (non-hydrogen) atoms. The molecule has 96 valence electrons. The van der Waals surface area contributed by atoms with Gasteiger partial charge in [0.05, 0.1) is 6.26 Å². The predicted molar refractivity (Wildman–Crippen MR) is 66.9 cm³/mol. The zero-order valence-electron chi connectivity index (χ0n) is 10.5. The summed E-state index contributed by atoms with van der Waals surface area (Å²) in [5, 5.41) is 3.44. The van der Waals surface area contributed by atoms with Crippen molar-refractivity contribution in [2.45, 2.75) is 51.6 Å². The summed E-state index contributed by atoms with van der Waals surface area (Å²) < 4.78 is 24.8. The van der Waals surface area contributed by atoms with Gasteiger partial charge in [-0.3, -0.25) is 0 Å². The highest BCUT2D eigenvalue weighted by Crippen LogP contribution is 2.24. The molecule has 0 saturated heterocycles. The van der Waals surface area contributed by atoms with Crippen LogP contribution in [0.25, 0.3) is 0 Å². The summed E-state index contributed by atoms with van der Waals surface area (Å²) in [6.07, 6.45) is 5.41. The molecule has 4 nitrogen and oxygen atoms in total. The van der Waals surface area contributed by atoms with Crippen molar-refractivity contribution in [1.82, 2.24) is 10.0 Å². The van der Waals surface area contributed by atoms with E-state index in [2.05, 4.69) is 23.9 Å². The van der Waals surface area contributed by atoms with Gasteiger partial charge < -0.3 is 5.32 Å². The van der Waals surface area contributed by atoms with Gasteiger partial charge in [0, 0.05) is 12.1 Å². The van der Waals surface area contributed by atoms with Gasteiger partial charge in [0.25, 0.3) is 0 Å². The third-order valence-corrected chi connectivity index (χ3v) is 3.80. The van der Waals surface area contributed by atoms with E-state index in [0.29, 0.717) is 12.0 Å². The van der Waals surface area contributed by atoms with Crippen molar-refractivity contribution in [3.05, 3.63) is 0 Å². The minimum atomic E-state index is -3.03. The minimum absolute atomic E-state index is 0.158. The fraction of sp³-hybridized carbons (Fsp3) is 1.00. The first kappa shape index (κ1) is 13.9. The highest BCUT2D eigenvalue weighted by atomic mass is 32.2. The second-order valence-electron chi connectivity index (χ2n) is 5.17. The molecule has 2 N–H and O–H groups in total. The topological polar surface area (TPSA) is 58.2 Å². The van der Waals surface area contributed by atoms with Crippen LogP contribution in [0.2, 0.25) is 0 Å². The Hall–Kier alpha value is -0.130. The molecule has 0 atom stereocenters. The van der Waals surface area contributed by atoms with Gasteiger partial charge >= 0.3 is 0 Å². The number of hydrogen-bond donors (Lipinski definition) is 2. The average molecular weight is 248 g/mol. The lowest BCUT2D eigenvalue weighted by Crippen LogP contribution is -2.39. The third kappa shape index (κ3) is 5.82. The Morgan fingerprint density at radius 2 is 1.75 bits per heavy atom. The van der Waals surface area contributed by atoms with Crippen LogP contribution in [-0.4, -0.2) is 33.3 Å². The first-order valence-electron chi connectivity index (χ1n) is 6.07. The summed E-state index contributed by atoms with van der Waals surface area (Å²) in [6.45, 7) is 5.36. The average Bonchev–Trinajstić information content (AvgIpc) is 2.14. The van der Waals surface area contributed by atoms with Crippen molar-refractivity contribution < 1.29 is 8.42 Å². The summed E-state index contributed by atoms with van der Waals surface area (Å²) in [5.41, 5.74) is 0. The zero-order valence-corrected chi connectivity index (χ0v) is 11.3. The summed E-state index contributed by atoms with van der Waals surface area (Å²) in [5.74, 6) is 0.708. The van der Waals surface area contributed by atoms with Crippen LogP contribution in [0.1, 0.15) is 39.5 Å². The third-order valence-electron chi connectivity index (χ3n) is 3.04. The van der Waals surface area contributed by atoms with Crippen molar-refractivity contribution in [2.75, 3.05) is 12.8 Å². The lowest BCUT2D eigenvalue weighted by molar-refractivity contribution is 0.297. The molecule has 0 aromatic heterocycles. The predicted octanol–water partition coefficient (Wildman–Crippen LogP) is 1.09. The molecule has 1 fully saturated rings. The summed E-state index contributed by atoms with van der Waals surface area (Å²) in [4.78, 5) is 0. The van der Waals surface area contributed by atoms with E-state index in [4.69, 9.17) is 0 Å². The van der Waals surface area contributed by atoms with Gasteiger partial charge in [-0.2, -0.15) is 0 Å². The quantitative estimate of drug-likeness (QED) is 0.766. The fourth-order valence-electron chi connectivity index (χ4n) is 2.19. The molecule has 1 aliphatic carbocycles. The van der Waals surface area contributed by atoms with Crippen LogP contribution < -0.4 is 10.0 Å². The van der Waals surface area contributed by atoms with Crippen LogP contribution in [0.4, 0.5) is 0 Å². The molecule has 0 unspecified atom stereocenters. The highest BCUT2D eigenvalue weighted by Gasteiger charge is 2.22. The van der Waals surface area contributed by atoms with E-state index in [1.54, 1.807) is 0 Å². The van der Waals surface area contributed by atoms with Gasteiger partial charge in [-0.25, -0.2) is 13.1 Å². The molecule has 5 heteroatoms. The lowest BCUT2D eigenvalue weighted by Gasteiger charge is -2.29. The first-order chi connectivity index (χ1) is 7.37. The van der Waals surface area contributed by atoms with E-state index in [1.165, 1.54) is 6.26 Å². The molecule has 0 aliphatic heterocycles. The molecule has 1 saturated carbocycles. The normalized spacial score (nSPS) is 27.2. The van der Waals surface area contributed by atoms with Gasteiger partial charge in [-0.15, -0.1) is 0 Å². The van der Waals surface area contributed by atoms with Crippen LogP contribution in [-0.2, 0) is 10.0 Å². The van der Waals surface area contributed by atoms with Crippen LogP contribution >= 0.6 is 0 Å². The van der Waals surface area contributed by atoms with E-state index < -0.39 is 10.0 Å².